The quantitative estimate of drug-likeness (QED) is 0.540. The molecule has 0 unspecified atom stereocenters. The minimum Gasteiger partial charge on any atom is -0.292 e. The third-order valence-corrected chi connectivity index (χ3v) is 2.02. The molecule has 66 valence electrons. The van der Waals surface area contributed by atoms with Crippen molar-refractivity contribution in [3.63, 3.8) is 0 Å². The summed E-state index contributed by atoms with van der Waals surface area (Å²) in [7, 11) is 8.35. The lowest BCUT2D eigenvalue weighted by Crippen LogP contribution is -2.62. The maximum absolute atomic E-state index is 3.25. The molecule has 1 aliphatic rings. The fourth-order valence-electron chi connectivity index (χ4n) is 1.74. The maximum atomic E-state index is 3.25. The van der Waals surface area contributed by atoms with Gasteiger partial charge in [-0.15, -0.1) is 0 Å². The molecule has 0 radical (unpaired) electrons. The lowest BCUT2D eigenvalue weighted by molar-refractivity contribution is -0.0592. The summed E-state index contributed by atoms with van der Waals surface area (Å²) in [4.78, 5) is 6.81. The van der Waals surface area contributed by atoms with Gasteiger partial charge in [0.25, 0.3) is 0 Å². The van der Waals surface area contributed by atoms with E-state index in [1.54, 1.807) is 0 Å². The zero-order valence-corrected chi connectivity index (χ0v) is 7.83. The van der Waals surface area contributed by atoms with E-state index in [2.05, 4.69) is 41.2 Å². The van der Waals surface area contributed by atoms with Crippen LogP contribution >= 0.6 is 0 Å². The summed E-state index contributed by atoms with van der Waals surface area (Å²) < 4.78 is 0. The van der Waals surface area contributed by atoms with Crippen molar-refractivity contribution in [2.45, 2.75) is 6.29 Å². The van der Waals surface area contributed by atoms with Crippen molar-refractivity contribution in [3.8, 4) is 0 Å². The van der Waals surface area contributed by atoms with Crippen LogP contribution in [0.3, 0.4) is 0 Å². The van der Waals surface area contributed by atoms with Crippen LogP contribution in [0.25, 0.3) is 0 Å². The molecule has 1 N–H and O–H groups in total. The number of hydrogen-bond donors (Lipinski definition) is 1. The highest BCUT2D eigenvalue weighted by Gasteiger charge is 2.24. The van der Waals surface area contributed by atoms with Crippen LogP contribution in [0.1, 0.15) is 0 Å². The average molecular weight is 158 g/mol. The van der Waals surface area contributed by atoms with E-state index in [1.165, 1.54) is 0 Å². The Morgan fingerprint density at radius 2 is 1.55 bits per heavy atom. The van der Waals surface area contributed by atoms with E-state index < -0.39 is 0 Å². The third-order valence-electron chi connectivity index (χ3n) is 2.02. The molecule has 1 heterocycles. The molecule has 1 saturated heterocycles. The maximum Gasteiger partial charge on any atom is 0.118 e. The number of hydrogen-bond acceptors (Lipinski definition) is 4. The minimum atomic E-state index is 0.381. The van der Waals surface area contributed by atoms with Gasteiger partial charge in [-0.2, -0.15) is 0 Å². The van der Waals surface area contributed by atoms with Crippen LogP contribution in [0.5, 0.6) is 0 Å². The molecule has 0 aliphatic carbocycles. The molecule has 4 heteroatoms. The van der Waals surface area contributed by atoms with Crippen molar-refractivity contribution in [3.05, 3.63) is 0 Å². The summed E-state index contributed by atoms with van der Waals surface area (Å²) in [6.07, 6.45) is 0.381. The van der Waals surface area contributed by atoms with E-state index in [1.807, 2.05) is 7.05 Å². The molecule has 0 spiro atoms. The van der Waals surface area contributed by atoms with E-state index in [4.69, 9.17) is 0 Å². The Balaban J connectivity index is 2.52. The molecule has 0 aromatic carbocycles. The monoisotopic (exact) mass is 158 g/mol. The molecule has 1 rings (SSSR count). The van der Waals surface area contributed by atoms with E-state index in [0.29, 0.717) is 6.29 Å². The average Bonchev–Trinajstić information content (AvgIpc) is 1.85. The van der Waals surface area contributed by atoms with Crippen LogP contribution in [0.15, 0.2) is 0 Å². The summed E-state index contributed by atoms with van der Waals surface area (Å²) in [5.41, 5.74) is 0. The molecule has 4 nitrogen and oxygen atoms in total. The lowest BCUT2D eigenvalue weighted by atomic mass is 10.5. The van der Waals surface area contributed by atoms with Gasteiger partial charge in [-0.3, -0.25) is 20.0 Å². The van der Waals surface area contributed by atoms with Crippen LogP contribution in [0.4, 0.5) is 0 Å². The van der Waals surface area contributed by atoms with Gasteiger partial charge in [-0.1, -0.05) is 0 Å². The normalized spacial score (nSPS) is 26.2. The summed E-state index contributed by atoms with van der Waals surface area (Å²) in [5.74, 6) is 0. The SMILES string of the molecule is CNC1N(C)CN(C)CN1C. The Bertz CT molecular complexity index is 116. The summed E-state index contributed by atoms with van der Waals surface area (Å²) in [6, 6.07) is 0. The fraction of sp³-hybridized carbons (Fsp3) is 1.00. The van der Waals surface area contributed by atoms with Crippen molar-refractivity contribution < 1.29 is 0 Å². The highest BCUT2D eigenvalue weighted by atomic mass is 15.5. The van der Waals surface area contributed by atoms with Crippen molar-refractivity contribution in [2.75, 3.05) is 41.5 Å². The topological polar surface area (TPSA) is 21.8 Å². The predicted octanol–water partition coefficient (Wildman–Crippen LogP) is -0.787. The van der Waals surface area contributed by atoms with Gasteiger partial charge < -0.3 is 0 Å². The van der Waals surface area contributed by atoms with Crippen LogP contribution in [-0.4, -0.2) is 62.5 Å². The number of nitrogens with zero attached hydrogens (tertiary/aromatic N) is 3. The van der Waals surface area contributed by atoms with Gasteiger partial charge in [0, 0.05) is 0 Å². The molecule has 0 saturated carbocycles. The van der Waals surface area contributed by atoms with E-state index in [9.17, 15) is 0 Å². The van der Waals surface area contributed by atoms with E-state index >= 15 is 0 Å². The van der Waals surface area contributed by atoms with E-state index in [-0.39, 0.29) is 0 Å². The molecule has 11 heavy (non-hydrogen) atoms. The molecule has 0 aromatic heterocycles. The molecule has 0 bridgehead atoms. The van der Waals surface area contributed by atoms with Gasteiger partial charge in [0.15, 0.2) is 0 Å². The number of rotatable bonds is 1. The molecule has 0 amide bonds. The van der Waals surface area contributed by atoms with Crippen molar-refractivity contribution in [1.29, 1.82) is 0 Å². The van der Waals surface area contributed by atoms with Crippen molar-refractivity contribution in [1.82, 2.24) is 20.0 Å². The van der Waals surface area contributed by atoms with Crippen LogP contribution in [-0.2, 0) is 0 Å². The highest BCUT2D eigenvalue weighted by Crippen LogP contribution is 2.05. The summed E-state index contributed by atoms with van der Waals surface area (Å²) >= 11 is 0. The van der Waals surface area contributed by atoms with Gasteiger partial charge in [0.2, 0.25) is 0 Å². The lowest BCUT2D eigenvalue weighted by Gasteiger charge is -2.43. The first-order valence-electron chi connectivity index (χ1n) is 3.91. The molecule has 0 aromatic rings. The second-order valence-corrected chi connectivity index (χ2v) is 3.32. The zero-order valence-electron chi connectivity index (χ0n) is 7.83. The van der Waals surface area contributed by atoms with Crippen molar-refractivity contribution in [2.24, 2.45) is 0 Å². The standard InChI is InChI=1S/C7H18N4/c1-8-7-10(3)5-9(2)6-11(7)4/h7-8H,5-6H2,1-4H3. The molecule has 1 fully saturated rings. The summed E-state index contributed by atoms with van der Waals surface area (Å²) in [6.45, 7) is 2.05. The second kappa shape index (κ2) is 3.49. The van der Waals surface area contributed by atoms with E-state index in [0.717, 1.165) is 13.3 Å². The molecule has 1 aliphatic heterocycles. The Kier molecular flexibility index (Phi) is 2.84. The molecular weight excluding hydrogens is 140 g/mol. The Labute approximate surface area is 68.8 Å². The Morgan fingerprint density at radius 3 is 1.91 bits per heavy atom. The largest absolute Gasteiger partial charge is 0.292 e. The van der Waals surface area contributed by atoms with Gasteiger partial charge in [0.05, 0.1) is 13.3 Å². The minimum absolute atomic E-state index is 0.381. The van der Waals surface area contributed by atoms with Crippen LogP contribution in [0, 0.1) is 0 Å². The summed E-state index contributed by atoms with van der Waals surface area (Å²) in [5, 5.41) is 3.25. The Morgan fingerprint density at radius 1 is 1.09 bits per heavy atom. The smallest absolute Gasteiger partial charge is 0.118 e. The first kappa shape index (κ1) is 8.93. The predicted molar refractivity (Wildman–Crippen MR) is 45.9 cm³/mol. The molecular formula is C7H18N4. The van der Waals surface area contributed by atoms with Gasteiger partial charge in [-0.25, -0.2) is 0 Å². The van der Waals surface area contributed by atoms with Gasteiger partial charge in [0.1, 0.15) is 6.29 Å². The van der Waals surface area contributed by atoms with Crippen LogP contribution in [0.2, 0.25) is 0 Å². The Hall–Kier alpha value is -0.160. The number of nitrogens with one attached hydrogen (secondary N) is 1. The van der Waals surface area contributed by atoms with Gasteiger partial charge in [-0.05, 0) is 28.2 Å². The molecule has 0 atom stereocenters. The van der Waals surface area contributed by atoms with Crippen molar-refractivity contribution >= 4 is 0 Å². The van der Waals surface area contributed by atoms with Crippen LogP contribution < -0.4 is 5.32 Å². The first-order chi connectivity index (χ1) is 5.15. The third kappa shape index (κ3) is 1.90. The highest BCUT2D eigenvalue weighted by molar-refractivity contribution is 4.69. The fourth-order valence-corrected chi connectivity index (χ4v) is 1.74. The first-order valence-corrected chi connectivity index (χ1v) is 3.91. The second-order valence-electron chi connectivity index (χ2n) is 3.32. The zero-order chi connectivity index (χ0) is 8.43. The van der Waals surface area contributed by atoms with Gasteiger partial charge >= 0.3 is 0 Å².